The number of aryl methyl sites for hydroxylation is 2. The number of hydrogen-bond acceptors (Lipinski definition) is 6. The number of ether oxygens (including phenoxy) is 1. The number of thioether (sulfide) groups is 1. The van der Waals surface area contributed by atoms with Crippen molar-refractivity contribution in [3.05, 3.63) is 52.5 Å². The quantitative estimate of drug-likeness (QED) is 0.253. The van der Waals surface area contributed by atoms with Gasteiger partial charge in [0, 0.05) is 33.0 Å². The van der Waals surface area contributed by atoms with Gasteiger partial charge in [0.25, 0.3) is 10.0 Å². The van der Waals surface area contributed by atoms with Gasteiger partial charge in [-0.05, 0) is 80.1 Å². The zero-order chi connectivity index (χ0) is 25.8. The van der Waals surface area contributed by atoms with Gasteiger partial charge in [0.2, 0.25) is 0 Å². The molecule has 3 aromatic rings. The number of carbonyl (C=O) groups is 1. The van der Waals surface area contributed by atoms with Crippen LogP contribution in [0.1, 0.15) is 37.8 Å². The number of rotatable bonds is 12. The molecule has 0 aliphatic carbocycles. The van der Waals surface area contributed by atoms with E-state index in [-0.39, 0.29) is 6.04 Å². The molecule has 0 fully saturated rings. The van der Waals surface area contributed by atoms with Crippen molar-refractivity contribution in [1.29, 1.82) is 0 Å². The summed E-state index contributed by atoms with van der Waals surface area (Å²) in [6.07, 6.45) is 1.66. The van der Waals surface area contributed by atoms with Crippen LogP contribution >= 0.6 is 34.7 Å². The van der Waals surface area contributed by atoms with Gasteiger partial charge < -0.3 is 9.84 Å². The molecule has 0 amide bonds. The summed E-state index contributed by atoms with van der Waals surface area (Å²) in [4.78, 5) is 11.7. The summed E-state index contributed by atoms with van der Waals surface area (Å²) < 4.78 is 35.8. The topological polar surface area (TPSA) is 83.9 Å². The third-order valence-electron chi connectivity index (χ3n) is 5.67. The average molecular weight is 556 g/mol. The predicted molar refractivity (Wildman–Crippen MR) is 145 cm³/mol. The lowest BCUT2D eigenvalue weighted by Gasteiger charge is -2.28. The average Bonchev–Trinajstić information content (AvgIpc) is 3.12. The first-order chi connectivity index (χ1) is 16.5. The molecule has 1 aromatic heterocycles. The number of fused-ring (bicyclic) bond motifs is 1. The Kier molecular flexibility index (Phi) is 9.51. The minimum atomic E-state index is -3.69. The number of halogens is 1. The molecule has 1 atom stereocenters. The van der Waals surface area contributed by atoms with Crippen molar-refractivity contribution in [1.82, 2.24) is 4.31 Å². The lowest BCUT2D eigenvalue weighted by molar-refractivity contribution is -0.139. The van der Waals surface area contributed by atoms with Crippen LogP contribution in [0.25, 0.3) is 10.1 Å². The van der Waals surface area contributed by atoms with Gasteiger partial charge in [-0.1, -0.05) is 24.9 Å². The maximum atomic E-state index is 13.8. The molecular weight excluding hydrogens is 526 g/mol. The minimum Gasteiger partial charge on any atom is -0.482 e. The number of hydrogen-bond donors (Lipinski definition) is 1. The molecule has 0 spiro atoms. The monoisotopic (exact) mass is 555 g/mol. The third-order valence-corrected chi connectivity index (χ3v) is 10.8. The van der Waals surface area contributed by atoms with Gasteiger partial charge in [-0.15, -0.1) is 23.1 Å². The first-order valence-electron chi connectivity index (χ1n) is 11.3. The molecule has 0 aliphatic heterocycles. The van der Waals surface area contributed by atoms with E-state index in [1.165, 1.54) is 11.3 Å². The van der Waals surface area contributed by atoms with Crippen LogP contribution in [-0.2, 0) is 14.8 Å². The van der Waals surface area contributed by atoms with Crippen molar-refractivity contribution >= 4 is 60.8 Å². The van der Waals surface area contributed by atoms with Gasteiger partial charge in [-0.25, -0.2) is 13.2 Å². The van der Waals surface area contributed by atoms with E-state index in [0.717, 1.165) is 39.0 Å². The fourth-order valence-electron chi connectivity index (χ4n) is 3.93. The van der Waals surface area contributed by atoms with Crippen LogP contribution in [-0.4, -0.2) is 48.7 Å². The first kappa shape index (κ1) is 27.8. The second-order valence-corrected chi connectivity index (χ2v) is 13.1. The number of carboxylic acids is 1. The van der Waals surface area contributed by atoms with Gasteiger partial charge in [0.05, 0.1) is 0 Å². The molecule has 0 bridgehead atoms. The SMILES string of the molecule is CCCC(C)N(CCSc1ccc(OCC(=O)O)c(C)c1)S(=O)(=O)c1sc2ccc(Cl)cc2c1C. The third kappa shape index (κ3) is 6.71. The maximum Gasteiger partial charge on any atom is 0.341 e. The number of nitrogens with zero attached hydrogens (tertiary/aromatic N) is 1. The summed E-state index contributed by atoms with van der Waals surface area (Å²) >= 11 is 9.01. The van der Waals surface area contributed by atoms with Gasteiger partial charge in [0.15, 0.2) is 6.61 Å². The van der Waals surface area contributed by atoms with E-state index in [1.807, 2.05) is 45.0 Å². The van der Waals surface area contributed by atoms with Crippen molar-refractivity contribution in [3.63, 3.8) is 0 Å². The smallest absolute Gasteiger partial charge is 0.341 e. The van der Waals surface area contributed by atoms with E-state index < -0.39 is 22.6 Å². The molecule has 2 aromatic carbocycles. The normalized spacial score (nSPS) is 12.9. The lowest BCUT2D eigenvalue weighted by Crippen LogP contribution is -2.40. The van der Waals surface area contributed by atoms with E-state index in [4.69, 9.17) is 21.4 Å². The van der Waals surface area contributed by atoms with Crippen molar-refractivity contribution < 1.29 is 23.1 Å². The van der Waals surface area contributed by atoms with Crippen molar-refractivity contribution in [3.8, 4) is 5.75 Å². The first-order valence-corrected chi connectivity index (χ1v) is 14.9. The highest BCUT2D eigenvalue weighted by Gasteiger charge is 2.32. The van der Waals surface area contributed by atoms with E-state index in [2.05, 4.69) is 6.92 Å². The molecule has 0 saturated heterocycles. The zero-order valence-electron chi connectivity index (χ0n) is 20.2. The Morgan fingerprint density at radius 3 is 2.63 bits per heavy atom. The molecule has 0 radical (unpaired) electrons. The van der Waals surface area contributed by atoms with E-state index in [1.54, 1.807) is 28.2 Å². The predicted octanol–water partition coefficient (Wildman–Crippen LogP) is 6.61. The van der Waals surface area contributed by atoms with Crippen LogP contribution in [0.5, 0.6) is 5.75 Å². The molecule has 35 heavy (non-hydrogen) atoms. The summed E-state index contributed by atoms with van der Waals surface area (Å²) in [5, 5.41) is 10.3. The summed E-state index contributed by atoms with van der Waals surface area (Å²) in [5.41, 5.74) is 1.57. The summed E-state index contributed by atoms with van der Waals surface area (Å²) in [5.74, 6) is 0.0813. The Hall–Kier alpha value is -1.78. The van der Waals surface area contributed by atoms with Crippen LogP contribution < -0.4 is 4.74 Å². The Morgan fingerprint density at radius 2 is 1.97 bits per heavy atom. The molecule has 1 N–H and O–H groups in total. The summed E-state index contributed by atoms with van der Waals surface area (Å²) in [6, 6.07) is 10.9. The van der Waals surface area contributed by atoms with E-state index in [9.17, 15) is 13.2 Å². The van der Waals surface area contributed by atoms with Gasteiger partial charge in [0.1, 0.15) is 9.96 Å². The van der Waals surface area contributed by atoms with Gasteiger partial charge in [-0.3, -0.25) is 0 Å². The fourth-order valence-corrected chi connectivity index (χ4v) is 8.68. The highest BCUT2D eigenvalue weighted by atomic mass is 35.5. The van der Waals surface area contributed by atoms with Crippen LogP contribution in [0.4, 0.5) is 0 Å². The van der Waals surface area contributed by atoms with Gasteiger partial charge >= 0.3 is 5.97 Å². The van der Waals surface area contributed by atoms with Crippen LogP contribution in [0, 0.1) is 13.8 Å². The maximum absolute atomic E-state index is 13.8. The van der Waals surface area contributed by atoms with E-state index >= 15 is 0 Å². The molecule has 190 valence electrons. The van der Waals surface area contributed by atoms with Crippen LogP contribution in [0.3, 0.4) is 0 Å². The standard InChI is InChI=1S/C25H30ClNO5S3/c1-5-6-17(3)27(11-12-33-20-8-9-22(16(2)13-20)32-15-24(28)29)35(30,31)25-18(4)21-14-19(26)7-10-23(21)34-25/h7-10,13-14,17H,5-6,11-12,15H2,1-4H3,(H,28,29). The molecule has 10 heteroatoms. The second kappa shape index (κ2) is 12.0. The molecular formula is C25H30ClNO5S3. The molecule has 3 rings (SSSR count). The fraction of sp³-hybridized carbons (Fsp3) is 0.400. The van der Waals surface area contributed by atoms with Crippen LogP contribution in [0.2, 0.25) is 5.02 Å². The van der Waals surface area contributed by atoms with Crippen molar-refractivity contribution in [2.75, 3.05) is 18.9 Å². The van der Waals surface area contributed by atoms with Gasteiger partial charge in [-0.2, -0.15) is 4.31 Å². The Labute approximate surface area is 220 Å². The molecule has 1 unspecified atom stereocenters. The summed E-state index contributed by atoms with van der Waals surface area (Å²) in [6.45, 7) is 7.70. The lowest BCUT2D eigenvalue weighted by atomic mass is 10.2. The Balaban J connectivity index is 1.79. The second-order valence-electron chi connectivity index (χ2n) is 8.37. The Bertz CT molecular complexity index is 1310. The molecule has 0 saturated carbocycles. The number of aliphatic carboxylic acids is 1. The van der Waals surface area contributed by atoms with Crippen LogP contribution in [0.15, 0.2) is 45.5 Å². The number of carboxylic acid groups (broad SMARTS) is 1. The molecule has 6 nitrogen and oxygen atoms in total. The van der Waals surface area contributed by atoms with Crippen molar-refractivity contribution in [2.24, 2.45) is 0 Å². The molecule has 0 aliphatic rings. The Morgan fingerprint density at radius 1 is 1.23 bits per heavy atom. The largest absolute Gasteiger partial charge is 0.482 e. The highest BCUT2D eigenvalue weighted by molar-refractivity contribution is 7.99. The zero-order valence-corrected chi connectivity index (χ0v) is 23.4. The van der Waals surface area contributed by atoms with Crippen molar-refractivity contribution in [2.45, 2.75) is 55.7 Å². The number of sulfonamides is 1. The van der Waals surface area contributed by atoms with E-state index in [0.29, 0.717) is 27.3 Å². The number of thiophene rings is 1. The molecule has 1 heterocycles. The summed E-state index contributed by atoms with van der Waals surface area (Å²) in [7, 11) is -3.69. The number of benzene rings is 2. The minimum absolute atomic E-state index is 0.132. The highest BCUT2D eigenvalue weighted by Crippen LogP contribution is 2.38.